The Hall–Kier alpha value is -2.40. The number of halogens is 2. The summed E-state index contributed by atoms with van der Waals surface area (Å²) in [4.78, 5) is 11.5. The predicted octanol–water partition coefficient (Wildman–Crippen LogP) is 3.01. The molecule has 6 heteroatoms. The monoisotopic (exact) mass is 306 g/mol. The number of ether oxygens (including phenoxy) is 1. The van der Waals surface area contributed by atoms with Crippen LogP contribution in [0.3, 0.4) is 0 Å². The molecule has 2 aromatic rings. The number of benzene rings is 2. The highest BCUT2D eigenvalue weighted by atomic mass is 35.5. The minimum absolute atomic E-state index is 0.238. The summed E-state index contributed by atoms with van der Waals surface area (Å²) in [5, 5.41) is 4.08. The Labute approximate surface area is 126 Å². The topological polar surface area (TPSA) is 50.7 Å². The second-order valence-electron chi connectivity index (χ2n) is 4.03. The molecule has 0 aromatic heterocycles. The second-order valence-corrected chi connectivity index (χ2v) is 4.44. The van der Waals surface area contributed by atoms with Crippen molar-refractivity contribution in [1.29, 1.82) is 0 Å². The smallest absolute Gasteiger partial charge is 0.277 e. The molecule has 0 aliphatic heterocycles. The maximum absolute atomic E-state index is 13.3. The fraction of sp³-hybridized carbons (Fsp3) is 0.0667. The van der Waals surface area contributed by atoms with Gasteiger partial charge in [-0.05, 0) is 18.2 Å². The number of nitrogens with one attached hydrogen (secondary N) is 1. The molecule has 21 heavy (non-hydrogen) atoms. The van der Waals surface area contributed by atoms with Gasteiger partial charge in [-0.25, -0.2) is 9.82 Å². The summed E-state index contributed by atoms with van der Waals surface area (Å²) in [5.41, 5.74) is 2.53. The molecular formula is C15H12ClFN2O2. The fourth-order valence-corrected chi connectivity index (χ4v) is 1.68. The number of amides is 1. The zero-order valence-electron chi connectivity index (χ0n) is 10.9. The van der Waals surface area contributed by atoms with Crippen molar-refractivity contribution in [2.24, 2.45) is 5.10 Å². The van der Waals surface area contributed by atoms with Crippen molar-refractivity contribution in [2.45, 2.75) is 0 Å². The highest BCUT2D eigenvalue weighted by Crippen LogP contribution is 2.22. The van der Waals surface area contributed by atoms with E-state index in [0.29, 0.717) is 10.8 Å². The lowest BCUT2D eigenvalue weighted by molar-refractivity contribution is -0.123. The molecule has 0 aliphatic carbocycles. The van der Waals surface area contributed by atoms with Crippen molar-refractivity contribution in [3.8, 4) is 5.75 Å². The van der Waals surface area contributed by atoms with Crippen LogP contribution < -0.4 is 10.2 Å². The molecule has 0 unspecified atom stereocenters. The quantitative estimate of drug-likeness (QED) is 0.682. The number of hydrazone groups is 1. The van der Waals surface area contributed by atoms with E-state index in [1.54, 1.807) is 42.5 Å². The van der Waals surface area contributed by atoms with Crippen LogP contribution in [0.1, 0.15) is 5.56 Å². The lowest BCUT2D eigenvalue weighted by Gasteiger charge is -2.06. The van der Waals surface area contributed by atoms with Crippen molar-refractivity contribution < 1.29 is 13.9 Å². The van der Waals surface area contributed by atoms with Gasteiger partial charge >= 0.3 is 0 Å². The van der Waals surface area contributed by atoms with Crippen LogP contribution in [0.5, 0.6) is 5.75 Å². The molecule has 2 aromatic carbocycles. The van der Waals surface area contributed by atoms with Crippen LogP contribution >= 0.6 is 11.6 Å². The Bertz CT molecular complexity index is 662. The molecule has 4 nitrogen and oxygen atoms in total. The van der Waals surface area contributed by atoms with Gasteiger partial charge in [0.15, 0.2) is 6.61 Å². The van der Waals surface area contributed by atoms with Crippen LogP contribution in [-0.4, -0.2) is 18.7 Å². The number of hydrogen-bond acceptors (Lipinski definition) is 3. The zero-order valence-corrected chi connectivity index (χ0v) is 11.7. The molecule has 0 aliphatic rings. The van der Waals surface area contributed by atoms with Gasteiger partial charge in [0.1, 0.15) is 11.6 Å². The number of para-hydroxylation sites is 1. The van der Waals surface area contributed by atoms with Crippen molar-refractivity contribution in [2.75, 3.05) is 6.61 Å². The summed E-state index contributed by atoms with van der Waals surface area (Å²) in [6.07, 6.45) is 1.22. The first-order chi connectivity index (χ1) is 10.2. The van der Waals surface area contributed by atoms with Gasteiger partial charge in [0.2, 0.25) is 0 Å². The zero-order chi connectivity index (χ0) is 15.1. The molecule has 2 rings (SSSR count). The molecule has 0 atom stereocenters. The first-order valence-corrected chi connectivity index (χ1v) is 6.48. The molecule has 1 amide bonds. The van der Waals surface area contributed by atoms with Crippen LogP contribution in [0.2, 0.25) is 5.02 Å². The van der Waals surface area contributed by atoms with Crippen LogP contribution in [0.4, 0.5) is 4.39 Å². The van der Waals surface area contributed by atoms with Gasteiger partial charge in [0, 0.05) is 5.56 Å². The summed E-state index contributed by atoms with van der Waals surface area (Å²) in [5.74, 6) is -0.474. The van der Waals surface area contributed by atoms with E-state index < -0.39 is 11.7 Å². The van der Waals surface area contributed by atoms with Gasteiger partial charge < -0.3 is 4.74 Å². The molecule has 0 fully saturated rings. The van der Waals surface area contributed by atoms with Crippen LogP contribution in [0.15, 0.2) is 53.6 Å². The number of rotatable bonds is 5. The number of carbonyl (C=O) groups excluding carboxylic acids is 1. The molecule has 1 N–H and O–H groups in total. The van der Waals surface area contributed by atoms with Crippen LogP contribution in [0.25, 0.3) is 0 Å². The van der Waals surface area contributed by atoms with E-state index in [4.69, 9.17) is 16.3 Å². The van der Waals surface area contributed by atoms with Crippen LogP contribution in [-0.2, 0) is 4.79 Å². The van der Waals surface area contributed by atoms with E-state index in [1.807, 2.05) is 0 Å². The highest BCUT2D eigenvalue weighted by molar-refractivity contribution is 6.32. The second kappa shape index (κ2) is 7.40. The lowest BCUT2D eigenvalue weighted by Crippen LogP contribution is -2.24. The summed E-state index contributed by atoms with van der Waals surface area (Å²) in [7, 11) is 0. The van der Waals surface area contributed by atoms with Crippen molar-refractivity contribution in [1.82, 2.24) is 5.43 Å². The largest absolute Gasteiger partial charge is 0.482 e. The Morgan fingerprint density at radius 1 is 1.24 bits per heavy atom. The third-order valence-corrected chi connectivity index (χ3v) is 2.81. The minimum Gasteiger partial charge on any atom is -0.482 e. The minimum atomic E-state index is -0.470. The van der Waals surface area contributed by atoms with Gasteiger partial charge in [-0.15, -0.1) is 0 Å². The fourth-order valence-electron chi connectivity index (χ4n) is 1.49. The van der Waals surface area contributed by atoms with E-state index in [0.717, 1.165) is 0 Å². The molecule has 0 bridgehead atoms. The lowest BCUT2D eigenvalue weighted by atomic mass is 10.2. The van der Waals surface area contributed by atoms with Gasteiger partial charge in [-0.3, -0.25) is 4.79 Å². The average molecular weight is 307 g/mol. The molecular weight excluding hydrogens is 295 g/mol. The predicted molar refractivity (Wildman–Crippen MR) is 79.1 cm³/mol. The molecule has 0 heterocycles. The molecule has 108 valence electrons. The van der Waals surface area contributed by atoms with E-state index >= 15 is 0 Å². The Kier molecular flexibility index (Phi) is 5.29. The number of carbonyl (C=O) groups is 1. The van der Waals surface area contributed by atoms with Crippen molar-refractivity contribution in [3.63, 3.8) is 0 Å². The normalized spacial score (nSPS) is 10.6. The number of hydrogen-bond donors (Lipinski definition) is 1. The summed E-state index contributed by atoms with van der Waals surface area (Å²) in [6.45, 7) is -0.238. The molecule has 0 saturated carbocycles. The van der Waals surface area contributed by atoms with Gasteiger partial charge in [-0.1, -0.05) is 41.9 Å². The first-order valence-electron chi connectivity index (χ1n) is 6.10. The first kappa shape index (κ1) is 15.0. The maximum Gasteiger partial charge on any atom is 0.277 e. The van der Waals surface area contributed by atoms with Gasteiger partial charge in [-0.2, -0.15) is 5.10 Å². The summed E-state index contributed by atoms with van der Waals surface area (Å²) in [6, 6.07) is 12.9. The summed E-state index contributed by atoms with van der Waals surface area (Å²) >= 11 is 5.88. The molecule has 0 saturated heterocycles. The highest BCUT2D eigenvalue weighted by Gasteiger charge is 2.04. The third kappa shape index (κ3) is 4.57. The van der Waals surface area contributed by atoms with Gasteiger partial charge in [0.05, 0.1) is 11.2 Å². The van der Waals surface area contributed by atoms with Crippen molar-refractivity contribution >= 4 is 23.7 Å². The Morgan fingerprint density at radius 3 is 2.71 bits per heavy atom. The number of nitrogens with zero attached hydrogens (tertiary/aromatic N) is 1. The van der Waals surface area contributed by atoms with Crippen molar-refractivity contribution in [3.05, 3.63) is 64.9 Å². The average Bonchev–Trinajstić information content (AvgIpc) is 2.48. The van der Waals surface area contributed by atoms with E-state index in [1.165, 1.54) is 12.3 Å². The molecule has 0 radical (unpaired) electrons. The van der Waals surface area contributed by atoms with Gasteiger partial charge in [0.25, 0.3) is 5.91 Å². The Balaban J connectivity index is 1.83. The maximum atomic E-state index is 13.3. The van der Waals surface area contributed by atoms with E-state index in [-0.39, 0.29) is 12.2 Å². The SMILES string of the molecule is O=C(COc1ccccc1Cl)NN=Cc1ccccc1F. The standard InChI is InChI=1S/C15H12ClFN2O2/c16-12-6-2-4-8-14(12)21-10-15(20)19-18-9-11-5-1-3-7-13(11)17/h1-9H,10H2,(H,19,20). The van der Waals surface area contributed by atoms with Crippen LogP contribution in [0, 0.1) is 5.82 Å². The summed E-state index contributed by atoms with van der Waals surface area (Å²) < 4.78 is 18.5. The Morgan fingerprint density at radius 2 is 1.95 bits per heavy atom. The molecule has 0 spiro atoms. The van der Waals surface area contributed by atoms with E-state index in [9.17, 15) is 9.18 Å². The third-order valence-electron chi connectivity index (χ3n) is 2.49. The van der Waals surface area contributed by atoms with E-state index in [2.05, 4.69) is 10.5 Å².